The summed E-state index contributed by atoms with van der Waals surface area (Å²) in [6, 6.07) is 7.50. The molecule has 1 aliphatic carbocycles. The van der Waals surface area contributed by atoms with Crippen molar-refractivity contribution in [3.8, 4) is 17.0 Å². The molecule has 212 valence electrons. The van der Waals surface area contributed by atoms with E-state index in [1.807, 2.05) is 18.2 Å². The summed E-state index contributed by atoms with van der Waals surface area (Å²) in [5.74, 6) is -2.82. The van der Waals surface area contributed by atoms with Crippen LogP contribution in [0, 0.1) is 17.6 Å². The van der Waals surface area contributed by atoms with Crippen LogP contribution in [0.4, 0.5) is 13.9 Å². The number of hydrogen-bond acceptors (Lipinski definition) is 6. The number of nitrogens with zero attached hydrogens (tertiary/aromatic N) is 1. The van der Waals surface area contributed by atoms with Crippen LogP contribution in [0.1, 0.15) is 60.5 Å². The van der Waals surface area contributed by atoms with Crippen molar-refractivity contribution >= 4 is 34.4 Å². The van der Waals surface area contributed by atoms with Crippen molar-refractivity contribution < 1.29 is 33.0 Å². The summed E-state index contributed by atoms with van der Waals surface area (Å²) < 4.78 is 40.7. The van der Waals surface area contributed by atoms with E-state index in [9.17, 15) is 18.4 Å². The summed E-state index contributed by atoms with van der Waals surface area (Å²) in [6.45, 7) is 2.59. The molecule has 1 aromatic heterocycles. The van der Waals surface area contributed by atoms with Crippen molar-refractivity contribution in [1.82, 2.24) is 4.98 Å². The van der Waals surface area contributed by atoms with Gasteiger partial charge in [0.15, 0.2) is 5.13 Å². The molecule has 0 unspecified atom stereocenters. The molecule has 1 heterocycles. The van der Waals surface area contributed by atoms with E-state index >= 15 is 0 Å². The molecule has 40 heavy (non-hydrogen) atoms. The van der Waals surface area contributed by atoms with Crippen LogP contribution in [0.3, 0.4) is 0 Å². The average molecular weight is 571 g/mol. The van der Waals surface area contributed by atoms with Crippen LogP contribution >= 0.6 is 11.3 Å². The highest BCUT2D eigenvalue weighted by atomic mass is 32.1. The summed E-state index contributed by atoms with van der Waals surface area (Å²) in [5.41, 5.74) is 1.30. The van der Waals surface area contributed by atoms with Crippen molar-refractivity contribution in [2.45, 2.75) is 45.4 Å². The molecular weight excluding hydrogens is 538 g/mol. The minimum atomic E-state index is -1.30. The fraction of sp³-hybridized carbons (Fsp3) is 0.367. The third-order valence-corrected chi connectivity index (χ3v) is 7.69. The van der Waals surface area contributed by atoms with E-state index in [0.29, 0.717) is 30.4 Å². The number of aliphatic carboxylic acids is 1. The predicted octanol–water partition coefficient (Wildman–Crippen LogP) is 6.98. The van der Waals surface area contributed by atoms with Crippen LogP contribution in [0.2, 0.25) is 0 Å². The van der Waals surface area contributed by atoms with Gasteiger partial charge in [-0.2, -0.15) is 0 Å². The number of hydrogen-bond donors (Lipinski definition) is 2. The van der Waals surface area contributed by atoms with Gasteiger partial charge in [-0.05, 0) is 61.9 Å². The average Bonchev–Trinajstić information content (AvgIpc) is 3.41. The van der Waals surface area contributed by atoms with Crippen LogP contribution in [0.25, 0.3) is 17.3 Å². The summed E-state index contributed by atoms with van der Waals surface area (Å²) in [5, 5.41) is 13.5. The fourth-order valence-electron chi connectivity index (χ4n) is 4.77. The maximum absolute atomic E-state index is 14.5. The predicted molar refractivity (Wildman–Crippen MR) is 151 cm³/mol. The Morgan fingerprint density at radius 1 is 1.18 bits per heavy atom. The number of aromatic nitrogens is 1. The number of amides is 1. The first kappa shape index (κ1) is 29.4. The largest absolute Gasteiger partial charge is 0.496 e. The van der Waals surface area contributed by atoms with Crippen LogP contribution in [-0.2, 0) is 16.0 Å². The molecule has 0 atom stereocenters. The zero-order valence-corrected chi connectivity index (χ0v) is 23.3. The first-order valence-corrected chi connectivity index (χ1v) is 14.1. The Labute approximate surface area is 235 Å². The number of para-hydroxylation sites is 1. The number of nitrogens with one attached hydrogen (secondary N) is 1. The van der Waals surface area contributed by atoms with E-state index in [-0.39, 0.29) is 16.3 Å². The SMILES string of the molecule is COc1c(CCOCC2CCCCC2)cccc1-c1csc(NC(=O)c2cc(F)c(/C=C(\C)C(=O)O)c(F)c2)n1. The van der Waals surface area contributed by atoms with Crippen molar-refractivity contribution in [3.63, 3.8) is 0 Å². The Balaban J connectivity index is 1.43. The van der Waals surface area contributed by atoms with Gasteiger partial charge in [-0.3, -0.25) is 10.1 Å². The van der Waals surface area contributed by atoms with E-state index in [2.05, 4.69) is 10.3 Å². The van der Waals surface area contributed by atoms with Gasteiger partial charge < -0.3 is 14.6 Å². The van der Waals surface area contributed by atoms with Crippen molar-refractivity contribution in [3.05, 3.63) is 69.6 Å². The minimum Gasteiger partial charge on any atom is -0.496 e. The molecule has 10 heteroatoms. The maximum atomic E-state index is 14.5. The number of carboxylic acids is 1. The number of anilines is 1. The van der Waals surface area contributed by atoms with Gasteiger partial charge >= 0.3 is 5.97 Å². The molecule has 0 saturated heterocycles. The Bertz CT molecular complexity index is 1380. The van der Waals surface area contributed by atoms with Crippen LogP contribution in [0.5, 0.6) is 5.75 Å². The second kappa shape index (κ2) is 13.6. The first-order chi connectivity index (χ1) is 19.3. The smallest absolute Gasteiger partial charge is 0.331 e. The summed E-state index contributed by atoms with van der Waals surface area (Å²) in [6.07, 6.45) is 7.93. The number of rotatable bonds is 11. The summed E-state index contributed by atoms with van der Waals surface area (Å²) in [4.78, 5) is 28.2. The van der Waals surface area contributed by atoms with E-state index in [1.54, 1.807) is 12.5 Å². The van der Waals surface area contributed by atoms with Gasteiger partial charge in [0.05, 0.1) is 19.4 Å². The van der Waals surface area contributed by atoms with Crippen molar-refractivity contribution in [2.75, 3.05) is 25.6 Å². The third-order valence-electron chi connectivity index (χ3n) is 6.93. The Morgan fingerprint density at radius 2 is 1.90 bits per heavy atom. The van der Waals surface area contributed by atoms with Crippen LogP contribution < -0.4 is 10.1 Å². The Hall–Kier alpha value is -3.63. The number of carbonyl (C=O) groups excluding carboxylic acids is 1. The lowest BCUT2D eigenvalue weighted by Gasteiger charge is -2.21. The molecule has 0 bridgehead atoms. The van der Waals surface area contributed by atoms with Crippen LogP contribution in [-0.4, -0.2) is 42.3 Å². The van der Waals surface area contributed by atoms with Gasteiger partial charge in [0, 0.05) is 34.3 Å². The molecule has 0 spiro atoms. The lowest BCUT2D eigenvalue weighted by molar-refractivity contribution is -0.132. The summed E-state index contributed by atoms with van der Waals surface area (Å²) >= 11 is 1.17. The minimum absolute atomic E-state index is 0.239. The molecule has 3 aromatic rings. The highest BCUT2D eigenvalue weighted by molar-refractivity contribution is 7.14. The summed E-state index contributed by atoms with van der Waals surface area (Å²) in [7, 11) is 1.60. The van der Waals surface area contributed by atoms with Gasteiger partial charge in [0.2, 0.25) is 0 Å². The number of thiazole rings is 1. The molecule has 2 N–H and O–H groups in total. The zero-order chi connectivity index (χ0) is 28.6. The number of carbonyl (C=O) groups is 2. The Morgan fingerprint density at radius 3 is 2.58 bits per heavy atom. The molecule has 7 nitrogen and oxygen atoms in total. The highest BCUT2D eigenvalue weighted by Crippen LogP contribution is 2.35. The second-order valence-electron chi connectivity index (χ2n) is 9.80. The lowest BCUT2D eigenvalue weighted by atomic mass is 9.90. The number of methoxy groups -OCH3 is 1. The zero-order valence-electron chi connectivity index (χ0n) is 22.5. The topological polar surface area (TPSA) is 97.8 Å². The number of halogens is 2. The molecule has 2 aromatic carbocycles. The van der Waals surface area contributed by atoms with E-state index in [4.69, 9.17) is 14.6 Å². The molecule has 0 radical (unpaired) electrons. The maximum Gasteiger partial charge on any atom is 0.331 e. The molecule has 4 rings (SSSR count). The number of benzene rings is 2. The van der Waals surface area contributed by atoms with E-state index in [1.165, 1.54) is 50.4 Å². The fourth-order valence-corrected chi connectivity index (χ4v) is 5.47. The number of ether oxygens (including phenoxy) is 2. The van der Waals surface area contributed by atoms with E-state index < -0.39 is 29.1 Å². The van der Waals surface area contributed by atoms with Gasteiger partial charge in [-0.15, -0.1) is 11.3 Å². The molecule has 0 aliphatic heterocycles. The molecule has 1 saturated carbocycles. The monoisotopic (exact) mass is 570 g/mol. The Kier molecular flexibility index (Phi) is 10.0. The highest BCUT2D eigenvalue weighted by Gasteiger charge is 2.19. The lowest BCUT2D eigenvalue weighted by Crippen LogP contribution is -2.14. The number of carboxylic acid groups (broad SMARTS) is 1. The third kappa shape index (κ3) is 7.31. The van der Waals surface area contributed by atoms with Gasteiger partial charge in [0.1, 0.15) is 17.4 Å². The van der Waals surface area contributed by atoms with Gasteiger partial charge in [-0.25, -0.2) is 18.6 Å². The van der Waals surface area contributed by atoms with Crippen LogP contribution in [0.15, 0.2) is 41.3 Å². The second-order valence-corrected chi connectivity index (χ2v) is 10.7. The molecular formula is C30H32F2N2O5S. The molecule has 1 fully saturated rings. The quantitative estimate of drug-likeness (QED) is 0.191. The molecule has 1 aliphatic rings. The first-order valence-electron chi connectivity index (χ1n) is 13.2. The standard InChI is InChI=1S/C30H32F2N2O5S/c1-18(29(36)37)13-23-24(31)14-21(15-25(23)32)28(35)34-30-33-26(17-40-30)22-10-6-9-20(27(22)38-2)11-12-39-16-19-7-4-3-5-8-19/h6,9-10,13-15,17,19H,3-5,7-8,11-12,16H2,1-2H3,(H,36,37)(H,33,34,35)/b18-13+. The molecule has 1 amide bonds. The normalized spacial score (nSPS) is 14.2. The van der Waals surface area contributed by atoms with Gasteiger partial charge in [0.25, 0.3) is 5.91 Å². The van der Waals surface area contributed by atoms with Crippen molar-refractivity contribution in [1.29, 1.82) is 0 Å². The van der Waals surface area contributed by atoms with Crippen molar-refractivity contribution in [2.24, 2.45) is 5.92 Å². The van der Waals surface area contributed by atoms with E-state index in [0.717, 1.165) is 35.9 Å². The van der Waals surface area contributed by atoms with Gasteiger partial charge in [-0.1, -0.05) is 31.4 Å².